The number of thiophene rings is 1. The molecular weight excluding hydrogens is 396 g/mol. The lowest BCUT2D eigenvalue weighted by atomic mass is 10.0. The monoisotopic (exact) mass is 426 g/mol. The number of hydrogen-bond donors (Lipinski definition) is 1. The Morgan fingerprint density at radius 3 is 2.40 bits per heavy atom. The molecular formula is C24H30N2O3S. The molecule has 0 unspecified atom stereocenters. The number of nitrogens with two attached hydrogens (primary N) is 1. The summed E-state index contributed by atoms with van der Waals surface area (Å²) in [5, 5.41) is 1.24. The van der Waals surface area contributed by atoms with Crippen LogP contribution >= 0.6 is 11.3 Å². The molecule has 0 atom stereocenters. The third-order valence-electron chi connectivity index (χ3n) is 5.23. The lowest BCUT2D eigenvalue weighted by Gasteiger charge is -2.19. The van der Waals surface area contributed by atoms with Crippen molar-refractivity contribution in [2.45, 2.75) is 27.7 Å². The normalized spacial score (nSPS) is 11.2. The van der Waals surface area contributed by atoms with Gasteiger partial charge in [0.25, 0.3) is 0 Å². The molecule has 30 heavy (non-hydrogen) atoms. The van der Waals surface area contributed by atoms with Crippen molar-refractivity contribution in [2.24, 2.45) is 0 Å². The smallest absolute Gasteiger partial charge is 0.341 e. The molecule has 0 saturated carbocycles. The average molecular weight is 427 g/mol. The van der Waals surface area contributed by atoms with Gasteiger partial charge in [0.2, 0.25) is 0 Å². The molecule has 2 aromatic carbocycles. The van der Waals surface area contributed by atoms with Crippen LogP contribution in [0.4, 0.5) is 5.00 Å². The SMILES string of the molecule is CCOC(=O)c1c(N)sc2c(OCCN(CC)CC)c(-c3ccc(C)cc3)ccc12. The number of nitrogen functional groups attached to an aromatic ring is 1. The van der Waals surface area contributed by atoms with Gasteiger partial charge in [-0.1, -0.05) is 49.7 Å². The van der Waals surface area contributed by atoms with Gasteiger partial charge in [-0.25, -0.2) is 4.79 Å². The topological polar surface area (TPSA) is 64.8 Å². The van der Waals surface area contributed by atoms with E-state index in [0.717, 1.165) is 46.6 Å². The van der Waals surface area contributed by atoms with Crippen LogP contribution in [0.2, 0.25) is 0 Å². The maximum absolute atomic E-state index is 12.5. The van der Waals surface area contributed by atoms with Crippen LogP contribution in [0, 0.1) is 6.92 Å². The number of rotatable bonds is 9. The third kappa shape index (κ3) is 4.60. The third-order valence-corrected chi connectivity index (χ3v) is 6.26. The Morgan fingerprint density at radius 1 is 1.07 bits per heavy atom. The van der Waals surface area contributed by atoms with Crippen LogP contribution < -0.4 is 10.5 Å². The van der Waals surface area contributed by atoms with Gasteiger partial charge in [-0.05, 0) is 38.6 Å². The Bertz CT molecular complexity index is 1010. The summed E-state index contributed by atoms with van der Waals surface area (Å²) in [6.45, 7) is 11.8. The van der Waals surface area contributed by atoms with Gasteiger partial charge < -0.3 is 20.1 Å². The first-order valence-electron chi connectivity index (χ1n) is 10.4. The Balaban J connectivity index is 2.08. The van der Waals surface area contributed by atoms with Crippen molar-refractivity contribution >= 4 is 32.4 Å². The summed E-state index contributed by atoms with van der Waals surface area (Å²) in [7, 11) is 0. The largest absolute Gasteiger partial charge is 0.490 e. The molecule has 0 saturated heterocycles. The van der Waals surface area contributed by atoms with Crippen LogP contribution in [-0.2, 0) is 4.74 Å². The van der Waals surface area contributed by atoms with Crippen LogP contribution in [0.3, 0.4) is 0 Å². The number of anilines is 1. The van der Waals surface area contributed by atoms with Gasteiger partial charge in [-0.3, -0.25) is 0 Å². The van der Waals surface area contributed by atoms with E-state index in [-0.39, 0.29) is 0 Å². The zero-order valence-electron chi connectivity index (χ0n) is 18.2. The van der Waals surface area contributed by atoms with Crippen LogP contribution in [0.25, 0.3) is 21.2 Å². The second-order valence-corrected chi connectivity index (χ2v) is 8.17. The molecule has 6 heteroatoms. The van der Waals surface area contributed by atoms with Gasteiger partial charge in [0.05, 0.1) is 11.3 Å². The van der Waals surface area contributed by atoms with Crippen LogP contribution in [0.5, 0.6) is 5.75 Å². The zero-order valence-corrected chi connectivity index (χ0v) is 19.0. The Morgan fingerprint density at radius 2 is 1.77 bits per heavy atom. The van der Waals surface area contributed by atoms with Gasteiger partial charge >= 0.3 is 5.97 Å². The first-order chi connectivity index (χ1) is 14.5. The highest BCUT2D eigenvalue weighted by Crippen LogP contribution is 2.44. The molecule has 160 valence electrons. The van der Waals surface area contributed by atoms with E-state index in [1.54, 1.807) is 6.92 Å². The molecule has 3 rings (SSSR count). The molecule has 0 fully saturated rings. The van der Waals surface area contributed by atoms with Crippen molar-refractivity contribution in [3.63, 3.8) is 0 Å². The number of nitrogens with zero attached hydrogens (tertiary/aromatic N) is 1. The molecule has 1 aromatic heterocycles. The van der Waals surface area contributed by atoms with Crippen molar-refractivity contribution in [2.75, 3.05) is 38.6 Å². The van der Waals surface area contributed by atoms with E-state index >= 15 is 0 Å². The number of esters is 1. The highest BCUT2D eigenvalue weighted by atomic mass is 32.1. The van der Waals surface area contributed by atoms with Gasteiger partial charge in [-0.2, -0.15) is 0 Å². The highest BCUT2D eigenvalue weighted by molar-refractivity contribution is 7.23. The predicted molar refractivity (Wildman–Crippen MR) is 126 cm³/mol. The standard InChI is InChI=1S/C24H30N2O3S/c1-5-26(6-2)14-15-29-21-18(17-10-8-16(4)9-11-17)12-13-19-20(24(27)28-7-3)23(25)30-22(19)21/h8-13H,5-7,14-15,25H2,1-4H3. The second-order valence-electron chi connectivity index (χ2n) is 7.12. The molecule has 5 nitrogen and oxygen atoms in total. The van der Waals surface area contributed by atoms with Crippen molar-refractivity contribution in [3.8, 4) is 16.9 Å². The van der Waals surface area contributed by atoms with E-state index in [1.807, 2.05) is 12.1 Å². The molecule has 0 amide bonds. The fraction of sp³-hybridized carbons (Fsp3) is 0.375. The fourth-order valence-electron chi connectivity index (χ4n) is 3.49. The molecule has 2 N–H and O–H groups in total. The summed E-state index contributed by atoms with van der Waals surface area (Å²) in [4.78, 5) is 14.8. The summed E-state index contributed by atoms with van der Waals surface area (Å²) >= 11 is 1.38. The van der Waals surface area contributed by atoms with Gasteiger partial charge in [0.1, 0.15) is 22.9 Å². The predicted octanol–water partition coefficient (Wildman–Crippen LogP) is 5.36. The first kappa shape index (κ1) is 22.1. The van der Waals surface area contributed by atoms with E-state index in [2.05, 4.69) is 49.9 Å². The van der Waals surface area contributed by atoms with Crippen molar-refractivity contribution in [1.82, 2.24) is 4.90 Å². The molecule has 0 aliphatic carbocycles. The maximum Gasteiger partial charge on any atom is 0.341 e. The number of ether oxygens (including phenoxy) is 2. The number of carbonyl (C=O) groups is 1. The Labute approximate surface area is 182 Å². The summed E-state index contributed by atoms with van der Waals surface area (Å²) < 4.78 is 12.4. The van der Waals surface area contributed by atoms with E-state index < -0.39 is 5.97 Å². The lowest BCUT2D eigenvalue weighted by Crippen LogP contribution is -2.28. The molecule has 0 radical (unpaired) electrons. The number of carbonyl (C=O) groups excluding carboxylic acids is 1. The molecule has 0 aliphatic heterocycles. The second kappa shape index (κ2) is 9.96. The van der Waals surface area contributed by atoms with Crippen LogP contribution in [-0.4, -0.2) is 43.7 Å². The molecule has 0 bridgehead atoms. The van der Waals surface area contributed by atoms with Crippen molar-refractivity contribution < 1.29 is 14.3 Å². The minimum Gasteiger partial charge on any atom is -0.490 e. The van der Waals surface area contributed by atoms with E-state index in [1.165, 1.54) is 16.9 Å². The van der Waals surface area contributed by atoms with Crippen molar-refractivity contribution in [3.05, 3.63) is 47.5 Å². The average Bonchev–Trinajstić information content (AvgIpc) is 3.08. The zero-order chi connectivity index (χ0) is 21.7. The molecule has 1 heterocycles. The quantitative estimate of drug-likeness (QED) is 0.467. The van der Waals surface area contributed by atoms with E-state index in [9.17, 15) is 4.79 Å². The molecule has 3 aromatic rings. The fourth-order valence-corrected chi connectivity index (χ4v) is 4.55. The molecule has 0 spiro atoms. The Kier molecular flexibility index (Phi) is 7.34. The van der Waals surface area contributed by atoms with Gasteiger partial charge in [0, 0.05) is 17.5 Å². The minimum absolute atomic E-state index is 0.310. The summed E-state index contributed by atoms with van der Waals surface area (Å²) in [5.74, 6) is 0.384. The van der Waals surface area contributed by atoms with Crippen LogP contribution in [0.1, 0.15) is 36.7 Å². The number of aryl methyl sites for hydroxylation is 1. The number of fused-ring (bicyclic) bond motifs is 1. The number of hydrogen-bond acceptors (Lipinski definition) is 6. The summed E-state index contributed by atoms with van der Waals surface area (Å²) in [6.07, 6.45) is 0. The Hall–Kier alpha value is -2.57. The summed E-state index contributed by atoms with van der Waals surface area (Å²) in [6, 6.07) is 12.3. The van der Waals surface area contributed by atoms with Crippen LogP contribution in [0.15, 0.2) is 36.4 Å². The van der Waals surface area contributed by atoms with E-state index in [0.29, 0.717) is 23.8 Å². The van der Waals surface area contributed by atoms with Gasteiger partial charge in [0.15, 0.2) is 0 Å². The minimum atomic E-state index is -0.390. The maximum atomic E-state index is 12.5. The van der Waals surface area contributed by atoms with E-state index in [4.69, 9.17) is 15.2 Å². The highest BCUT2D eigenvalue weighted by Gasteiger charge is 2.23. The summed E-state index contributed by atoms with van der Waals surface area (Å²) in [5.41, 5.74) is 9.94. The molecule has 0 aliphatic rings. The lowest BCUT2D eigenvalue weighted by molar-refractivity contribution is 0.0530. The first-order valence-corrected chi connectivity index (χ1v) is 11.3. The number of likely N-dealkylation sites (N-methyl/N-ethyl adjacent to an activating group) is 1. The number of benzene rings is 2. The van der Waals surface area contributed by atoms with Crippen molar-refractivity contribution in [1.29, 1.82) is 0 Å². The van der Waals surface area contributed by atoms with Gasteiger partial charge in [-0.15, -0.1) is 11.3 Å².